The van der Waals surface area contributed by atoms with E-state index in [0.717, 1.165) is 49.1 Å². The van der Waals surface area contributed by atoms with Gasteiger partial charge in [-0.05, 0) is 36.6 Å². The highest BCUT2D eigenvalue weighted by Gasteiger charge is 2.01. The second-order valence-electron chi connectivity index (χ2n) is 4.95. The van der Waals surface area contributed by atoms with E-state index in [2.05, 4.69) is 21.7 Å². The summed E-state index contributed by atoms with van der Waals surface area (Å²) in [7, 11) is 1.77. The lowest BCUT2D eigenvalue weighted by atomic mass is 10.1. The van der Waals surface area contributed by atoms with Gasteiger partial charge in [0, 0.05) is 31.6 Å². The first-order chi connectivity index (χ1) is 10.8. The molecular formula is C17H22ClN3O. The Kier molecular flexibility index (Phi) is 6.84. The number of hydrogen-bond acceptors (Lipinski definition) is 2. The molecule has 0 unspecified atom stereocenters. The fourth-order valence-corrected chi connectivity index (χ4v) is 2.40. The Morgan fingerprint density at radius 2 is 1.91 bits per heavy atom. The molecule has 22 heavy (non-hydrogen) atoms. The minimum Gasteiger partial charge on any atom is -0.469 e. The van der Waals surface area contributed by atoms with Crippen molar-refractivity contribution < 1.29 is 4.42 Å². The second kappa shape index (κ2) is 9.15. The predicted octanol–water partition coefficient (Wildman–Crippen LogP) is 3.27. The van der Waals surface area contributed by atoms with Crippen LogP contribution in [0.3, 0.4) is 0 Å². The summed E-state index contributed by atoms with van der Waals surface area (Å²) in [6.07, 6.45) is 4.49. The van der Waals surface area contributed by atoms with E-state index in [4.69, 9.17) is 16.0 Å². The third kappa shape index (κ3) is 5.45. The highest BCUT2D eigenvalue weighted by molar-refractivity contribution is 6.31. The molecule has 118 valence electrons. The molecule has 1 heterocycles. The van der Waals surface area contributed by atoms with E-state index in [-0.39, 0.29) is 0 Å². The Hall–Kier alpha value is -1.94. The number of halogens is 1. The summed E-state index contributed by atoms with van der Waals surface area (Å²) in [5.41, 5.74) is 1.19. The lowest BCUT2D eigenvalue weighted by Crippen LogP contribution is -2.38. The van der Waals surface area contributed by atoms with Gasteiger partial charge in [-0.1, -0.05) is 29.8 Å². The second-order valence-corrected chi connectivity index (χ2v) is 5.36. The number of nitrogens with zero attached hydrogens (tertiary/aromatic N) is 1. The summed E-state index contributed by atoms with van der Waals surface area (Å²) in [6.45, 7) is 1.64. The molecule has 0 bridgehead atoms. The Bertz CT molecular complexity index is 581. The van der Waals surface area contributed by atoms with Gasteiger partial charge >= 0.3 is 0 Å². The molecular weight excluding hydrogens is 298 g/mol. The Labute approximate surface area is 136 Å². The van der Waals surface area contributed by atoms with Gasteiger partial charge in [0.05, 0.1) is 6.26 Å². The van der Waals surface area contributed by atoms with Crippen LogP contribution in [0.1, 0.15) is 17.7 Å². The number of furan rings is 1. The lowest BCUT2D eigenvalue weighted by molar-refractivity contribution is 0.506. The zero-order valence-electron chi connectivity index (χ0n) is 12.8. The standard InChI is InChI=1S/C17H22ClN3O/c1-19-17(21-12-10-15-8-5-13-22-15)20-11-4-7-14-6-2-3-9-16(14)18/h2-3,5-6,8-9,13H,4,7,10-12H2,1H3,(H2,19,20,21). The maximum Gasteiger partial charge on any atom is 0.190 e. The van der Waals surface area contributed by atoms with Gasteiger partial charge < -0.3 is 15.1 Å². The molecule has 0 amide bonds. The summed E-state index contributed by atoms with van der Waals surface area (Å²) in [4.78, 5) is 4.21. The van der Waals surface area contributed by atoms with Gasteiger partial charge in [0.1, 0.15) is 5.76 Å². The third-order valence-corrected chi connectivity index (χ3v) is 3.71. The van der Waals surface area contributed by atoms with Crippen LogP contribution < -0.4 is 10.6 Å². The molecule has 0 atom stereocenters. The Balaban J connectivity index is 1.63. The number of nitrogens with one attached hydrogen (secondary N) is 2. The molecule has 0 aliphatic heterocycles. The van der Waals surface area contributed by atoms with Crippen LogP contribution in [0.2, 0.25) is 5.02 Å². The van der Waals surface area contributed by atoms with Gasteiger partial charge in [-0.2, -0.15) is 0 Å². The van der Waals surface area contributed by atoms with Gasteiger partial charge in [-0.3, -0.25) is 4.99 Å². The van der Waals surface area contributed by atoms with E-state index in [1.807, 2.05) is 30.3 Å². The Morgan fingerprint density at radius 3 is 2.64 bits per heavy atom. The highest BCUT2D eigenvalue weighted by atomic mass is 35.5. The van der Waals surface area contributed by atoms with Crippen molar-refractivity contribution >= 4 is 17.6 Å². The molecule has 0 aliphatic rings. The van der Waals surface area contributed by atoms with Crippen LogP contribution in [0.25, 0.3) is 0 Å². The monoisotopic (exact) mass is 319 g/mol. The topological polar surface area (TPSA) is 49.6 Å². The number of benzene rings is 1. The lowest BCUT2D eigenvalue weighted by Gasteiger charge is -2.11. The van der Waals surface area contributed by atoms with Gasteiger partial charge in [-0.25, -0.2) is 0 Å². The molecule has 0 radical (unpaired) electrons. The van der Waals surface area contributed by atoms with Crippen LogP contribution in [0.15, 0.2) is 52.1 Å². The fraction of sp³-hybridized carbons (Fsp3) is 0.353. The summed E-state index contributed by atoms with van der Waals surface area (Å²) in [5, 5.41) is 7.41. The minimum atomic E-state index is 0.789. The van der Waals surface area contributed by atoms with Crippen LogP contribution in [-0.2, 0) is 12.8 Å². The quantitative estimate of drug-likeness (QED) is 0.468. The SMILES string of the molecule is CN=C(NCCCc1ccccc1Cl)NCCc1ccco1. The van der Waals surface area contributed by atoms with Crippen molar-refractivity contribution in [3.05, 3.63) is 59.0 Å². The largest absolute Gasteiger partial charge is 0.469 e. The number of aliphatic imine (C=N–C) groups is 1. The van der Waals surface area contributed by atoms with Crippen molar-refractivity contribution in [2.45, 2.75) is 19.3 Å². The zero-order chi connectivity index (χ0) is 15.6. The van der Waals surface area contributed by atoms with Gasteiger partial charge in [0.2, 0.25) is 0 Å². The van der Waals surface area contributed by atoms with Crippen molar-refractivity contribution in [2.24, 2.45) is 4.99 Å². The van der Waals surface area contributed by atoms with E-state index in [9.17, 15) is 0 Å². The molecule has 0 saturated carbocycles. The number of hydrogen-bond donors (Lipinski definition) is 2. The molecule has 1 aromatic carbocycles. The molecule has 2 rings (SSSR count). The van der Waals surface area contributed by atoms with Crippen molar-refractivity contribution in [3.8, 4) is 0 Å². The molecule has 1 aromatic heterocycles. The van der Waals surface area contributed by atoms with Crippen molar-refractivity contribution in [2.75, 3.05) is 20.1 Å². The van der Waals surface area contributed by atoms with Crippen molar-refractivity contribution in [1.82, 2.24) is 10.6 Å². The average molecular weight is 320 g/mol. The summed E-state index contributed by atoms with van der Waals surface area (Å²) in [5.74, 6) is 1.78. The Morgan fingerprint density at radius 1 is 1.09 bits per heavy atom. The van der Waals surface area contributed by atoms with Crippen LogP contribution in [0, 0.1) is 0 Å². The van der Waals surface area contributed by atoms with E-state index in [1.54, 1.807) is 13.3 Å². The first-order valence-corrected chi connectivity index (χ1v) is 7.87. The fourth-order valence-electron chi connectivity index (χ4n) is 2.17. The molecule has 0 fully saturated rings. The summed E-state index contributed by atoms with van der Waals surface area (Å²) in [6, 6.07) is 11.8. The maximum atomic E-state index is 6.15. The van der Waals surface area contributed by atoms with Gasteiger partial charge in [0.15, 0.2) is 5.96 Å². The molecule has 0 aliphatic carbocycles. The molecule has 4 nitrogen and oxygen atoms in total. The van der Waals surface area contributed by atoms with Crippen molar-refractivity contribution in [3.63, 3.8) is 0 Å². The number of guanidine groups is 1. The molecule has 5 heteroatoms. The molecule has 2 N–H and O–H groups in total. The smallest absolute Gasteiger partial charge is 0.190 e. The first-order valence-electron chi connectivity index (χ1n) is 7.50. The minimum absolute atomic E-state index is 0.789. The van der Waals surface area contributed by atoms with Crippen molar-refractivity contribution in [1.29, 1.82) is 0 Å². The molecule has 0 saturated heterocycles. The first kappa shape index (κ1) is 16.4. The number of aryl methyl sites for hydroxylation is 1. The van der Waals surface area contributed by atoms with Crippen LogP contribution >= 0.6 is 11.6 Å². The van der Waals surface area contributed by atoms with Crippen LogP contribution in [0.4, 0.5) is 0 Å². The molecule has 2 aromatic rings. The number of rotatable bonds is 7. The predicted molar refractivity (Wildman–Crippen MR) is 91.5 cm³/mol. The van der Waals surface area contributed by atoms with E-state index in [1.165, 1.54) is 5.56 Å². The van der Waals surface area contributed by atoms with Crippen LogP contribution in [0.5, 0.6) is 0 Å². The average Bonchev–Trinajstić information content (AvgIpc) is 3.04. The zero-order valence-corrected chi connectivity index (χ0v) is 13.6. The highest BCUT2D eigenvalue weighted by Crippen LogP contribution is 2.16. The van der Waals surface area contributed by atoms with E-state index in [0.29, 0.717) is 0 Å². The molecule has 0 spiro atoms. The maximum absolute atomic E-state index is 6.15. The van der Waals surface area contributed by atoms with Gasteiger partial charge in [0.25, 0.3) is 0 Å². The third-order valence-electron chi connectivity index (χ3n) is 3.34. The van der Waals surface area contributed by atoms with E-state index < -0.39 is 0 Å². The van der Waals surface area contributed by atoms with E-state index >= 15 is 0 Å². The summed E-state index contributed by atoms with van der Waals surface area (Å²) >= 11 is 6.15. The summed E-state index contributed by atoms with van der Waals surface area (Å²) < 4.78 is 5.29. The van der Waals surface area contributed by atoms with Gasteiger partial charge in [-0.15, -0.1) is 0 Å². The normalized spacial score (nSPS) is 11.5. The van der Waals surface area contributed by atoms with Crippen LogP contribution in [-0.4, -0.2) is 26.1 Å².